The second-order valence-electron chi connectivity index (χ2n) is 11.7. The van der Waals surface area contributed by atoms with E-state index in [1.165, 1.54) is 4.90 Å². The van der Waals surface area contributed by atoms with E-state index in [0.29, 0.717) is 31.4 Å². The van der Waals surface area contributed by atoms with Gasteiger partial charge in [-0.05, 0) is 38.2 Å². The van der Waals surface area contributed by atoms with Gasteiger partial charge in [0, 0.05) is 25.6 Å². The number of rotatable bonds is 16. The molecule has 3 heterocycles. The van der Waals surface area contributed by atoms with Crippen molar-refractivity contribution in [3.63, 3.8) is 0 Å². The van der Waals surface area contributed by atoms with Crippen molar-refractivity contribution < 1.29 is 33.8 Å². The van der Waals surface area contributed by atoms with Crippen molar-refractivity contribution in [2.45, 2.75) is 82.3 Å². The Kier molecular flexibility index (Phi) is 10.8. The Morgan fingerprint density at radius 1 is 1.26 bits per heavy atom. The highest BCUT2D eigenvalue weighted by Gasteiger charge is 2.75. The molecule has 2 bridgehead atoms. The first-order valence-electron chi connectivity index (χ1n) is 15.4. The third kappa shape index (κ3) is 6.40. The number of nitrogens with zero attached hydrogens (tertiary/aromatic N) is 2. The van der Waals surface area contributed by atoms with Gasteiger partial charge in [0.15, 0.2) is 0 Å². The summed E-state index contributed by atoms with van der Waals surface area (Å²) in [6, 6.07) is 8.07. The number of carbonyl (C=O) groups is 4. The summed E-state index contributed by atoms with van der Waals surface area (Å²) in [7, 11) is 0. The number of aliphatic hydroxyl groups is 1. The predicted molar refractivity (Wildman–Crippen MR) is 160 cm³/mol. The van der Waals surface area contributed by atoms with Crippen LogP contribution in [-0.4, -0.2) is 88.6 Å². The Labute approximate surface area is 254 Å². The molecule has 43 heavy (non-hydrogen) atoms. The van der Waals surface area contributed by atoms with Crippen LogP contribution in [0.15, 0.2) is 55.6 Å². The van der Waals surface area contributed by atoms with Crippen LogP contribution in [0.2, 0.25) is 0 Å². The molecule has 1 spiro atoms. The molecular formula is C33H45N3O7. The summed E-state index contributed by atoms with van der Waals surface area (Å²) in [4.78, 5) is 57.6. The average molecular weight is 596 g/mol. The van der Waals surface area contributed by atoms with Crippen molar-refractivity contribution >= 4 is 23.7 Å². The van der Waals surface area contributed by atoms with E-state index in [1.807, 2.05) is 44.2 Å². The number of esters is 1. The maximum absolute atomic E-state index is 14.2. The number of nitrogens with one attached hydrogen (secondary N) is 1. The molecule has 3 aliphatic rings. The van der Waals surface area contributed by atoms with Gasteiger partial charge in [-0.2, -0.15) is 0 Å². The minimum atomic E-state index is -1.19. The van der Waals surface area contributed by atoms with Gasteiger partial charge in [0.1, 0.15) is 17.7 Å². The first-order chi connectivity index (χ1) is 20.7. The SMILES string of the molecule is C=CCCC(=O)NC[C@H](OC(=O)[C@@H]1[C@@H]2CC[C@]3(O2)[C@H](C(=O)N(CC=C)C(C)CCC)N(CCO)C(=O)[C@@H]13)c1ccccc1. The number of carbonyl (C=O) groups excluding carboxylic acids is 4. The Morgan fingerprint density at radius 3 is 2.65 bits per heavy atom. The van der Waals surface area contributed by atoms with Crippen LogP contribution in [-0.2, 0) is 28.7 Å². The Bertz CT molecular complexity index is 1190. The topological polar surface area (TPSA) is 125 Å². The molecule has 3 amide bonds. The van der Waals surface area contributed by atoms with Gasteiger partial charge in [0.2, 0.25) is 17.7 Å². The molecule has 0 aromatic heterocycles. The number of hydrogen-bond donors (Lipinski definition) is 2. The fourth-order valence-corrected chi connectivity index (χ4v) is 7.05. The molecule has 4 rings (SSSR count). The molecular weight excluding hydrogens is 550 g/mol. The minimum Gasteiger partial charge on any atom is -0.455 e. The van der Waals surface area contributed by atoms with E-state index in [0.717, 1.165) is 12.8 Å². The van der Waals surface area contributed by atoms with E-state index >= 15 is 0 Å². The maximum atomic E-state index is 14.2. The lowest BCUT2D eigenvalue weighted by molar-refractivity contribution is -0.160. The fraction of sp³-hybridized carbons (Fsp3) is 0.576. The molecule has 7 atom stereocenters. The summed E-state index contributed by atoms with van der Waals surface area (Å²) in [6.45, 7) is 11.5. The third-order valence-electron chi connectivity index (χ3n) is 8.98. The lowest BCUT2D eigenvalue weighted by Crippen LogP contribution is -2.58. The standard InChI is InChI=1S/C33H45N3O7/c1-5-8-15-26(38)34-21-25(23-13-10-9-11-14-23)42-32(41)27-24-16-17-33(43-24)28(27)30(39)36(19-20-37)29(33)31(40)35(18-7-3)22(4)12-6-2/h5,7,9-11,13-14,22,24-25,27-29,37H,1,3,6,8,12,15-21H2,2,4H3,(H,34,38)/t22?,24-,25-,27+,28+,29-,33+/m0/s1. The molecule has 0 aliphatic carbocycles. The summed E-state index contributed by atoms with van der Waals surface area (Å²) < 4.78 is 12.5. The molecule has 3 fully saturated rings. The van der Waals surface area contributed by atoms with Gasteiger partial charge in [0.05, 0.1) is 31.1 Å². The first kappa shape index (κ1) is 32.4. The Hall–Kier alpha value is -3.50. The summed E-state index contributed by atoms with van der Waals surface area (Å²) in [5.74, 6) is -3.25. The average Bonchev–Trinajstić information content (AvgIpc) is 3.64. The number of allylic oxidation sites excluding steroid dienone is 1. The van der Waals surface area contributed by atoms with E-state index in [4.69, 9.17) is 9.47 Å². The molecule has 3 saturated heterocycles. The van der Waals surface area contributed by atoms with E-state index < -0.39 is 41.7 Å². The van der Waals surface area contributed by atoms with Crippen LogP contribution < -0.4 is 5.32 Å². The van der Waals surface area contributed by atoms with Gasteiger partial charge >= 0.3 is 5.97 Å². The van der Waals surface area contributed by atoms with Crippen molar-refractivity contribution in [2.75, 3.05) is 26.2 Å². The van der Waals surface area contributed by atoms with Crippen molar-refractivity contribution in [3.05, 3.63) is 61.2 Å². The van der Waals surface area contributed by atoms with Crippen LogP contribution in [0.3, 0.4) is 0 Å². The highest BCUT2D eigenvalue weighted by molar-refractivity contribution is 5.98. The summed E-state index contributed by atoms with van der Waals surface area (Å²) in [5, 5.41) is 12.7. The quantitative estimate of drug-likeness (QED) is 0.222. The predicted octanol–water partition coefficient (Wildman–Crippen LogP) is 2.92. The first-order valence-corrected chi connectivity index (χ1v) is 15.4. The van der Waals surface area contributed by atoms with Crippen LogP contribution in [0.25, 0.3) is 0 Å². The van der Waals surface area contributed by atoms with E-state index in [1.54, 1.807) is 17.1 Å². The van der Waals surface area contributed by atoms with Gasteiger partial charge < -0.3 is 29.7 Å². The Balaban J connectivity index is 1.61. The molecule has 3 aliphatic heterocycles. The number of fused-ring (bicyclic) bond motifs is 1. The lowest BCUT2D eigenvalue weighted by Gasteiger charge is -2.38. The van der Waals surface area contributed by atoms with E-state index in [-0.39, 0.29) is 49.9 Å². The van der Waals surface area contributed by atoms with Crippen molar-refractivity contribution in [3.8, 4) is 0 Å². The third-order valence-corrected chi connectivity index (χ3v) is 8.98. The number of aliphatic hydroxyl groups excluding tert-OH is 1. The van der Waals surface area contributed by atoms with Crippen LogP contribution in [0.1, 0.15) is 64.0 Å². The molecule has 2 N–H and O–H groups in total. The number of amides is 3. The molecule has 10 nitrogen and oxygen atoms in total. The van der Waals surface area contributed by atoms with Crippen molar-refractivity contribution in [2.24, 2.45) is 11.8 Å². The number of ether oxygens (including phenoxy) is 2. The highest BCUT2D eigenvalue weighted by atomic mass is 16.6. The molecule has 1 aromatic carbocycles. The zero-order valence-corrected chi connectivity index (χ0v) is 25.3. The van der Waals surface area contributed by atoms with Gasteiger partial charge in [-0.25, -0.2) is 0 Å². The second kappa shape index (κ2) is 14.3. The zero-order valence-electron chi connectivity index (χ0n) is 25.3. The van der Waals surface area contributed by atoms with Crippen molar-refractivity contribution in [1.29, 1.82) is 0 Å². The highest BCUT2D eigenvalue weighted by Crippen LogP contribution is 2.59. The smallest absolute Gasteiger partial charge is 0.313 e. The number of hydrogen-bond acceptors (Lipinski definition) is 7. The lowest BCUT2D eigenvalue weighted by atomic mass is 9.70. The minimum absolute atomic E-state index is 0.0449. The number of likely N-dealkylation sites (tertiary alicyclic amines) is 1. The number of β-amino-alcohol motifs (C(OH)–C–C–N with tert-alkyl or cyclic N) is 1. The summed E-state index contributed by atoms with van der Waals surface area (Å²) in [5.41, 5.74) is -0.485. The van der Waals surface area contributed by atoms with Crippen LogP contribution in [0.5, 0.6) is 0 Å². The van der Waals surface area contributed by atoms with Crippen LogP contribution >= 0.6 is 0 Å². The summed E-state index contributed by atoms with van der Waals surface area (Å²) in [6.07, 6.45) is 5.37. The van der Waals surface area contributed by atoms with Gasteiger partial charge in [0.25, 0.3) is 0 Å². The van der Waals surface area contributed by atoms with Crippen LogP contribution in [0, 0.1) is 11.8 Å². The van der Waals surface area contributed by atoms with Crippen molar-refractivity contribution in [1.82, 2.24) is 15.1 Å². The Morgan fingerprint density at radius 2 is 2.00 bits per heavy atom. The normalized spacial score (nSPS) is 26.9. The summed E-state index contributed by atoms with van der Waals surface area (Å²) >= 11 is 0. The zero-order chi connectivity index (χ0) is 31.1. The largest absolute Gasteiger partial charge is 0.455 e. The maximum Gasteiger partial charge on any atom is 0.313 e. The van der Waals surface area contributed by atoms with Gasteiger partial charge in [-0.3, -0.25) is 19.2 Å². The van der Waals surface area contributed by atoms with Gasteiger partial charge in [-0.15, -0.1) is 13.2 Å². The second-order valence-corrected chi connectivity index (χ2v) is 11.7. The number of benzene rings is 1. The fourth-order valence-electron chi connectivity index (χ4n) is 7.05. The molecule has 234 valence electrons. The van der Waals surface area contributed by atoms with Crippen LogP contribution in [0.4, 0.5) is 0 Å². The van der Waals surface area contributed by atoms with E-state index in [2.05, 4.69) is 18.5 Å². The molecule has 1 aromatic rings. The van der Waals surface area contributed by atoms with E-state index in [9.17, 15) is 24.3 Å². The van der Waals surface area contributed by atoms with Gasteiger partial charge in [-0.1, -0.05) is 55.8 Å². The molecule has 0 saturated carbocycles. The molecule has 10 heteroatoms. The molecule has 0 radical (unpaired) electrons. The molecule has 1 unspecified atom stereocenters. The monoisotopic (exact) mass is 595 g/mol.